The number of rotatable bonds is 5. The molecule has 1 heterocycles. The zero-order valence-corrected chi connectivity index (χ0v) is 15.9. The van der Waals surface area contributed by atoms with Crippen LogP contribution in [0.15, 0.2) is 29.2 Å². The smallest absolute Gasteiger partial charge is 0.335 e. The topological polar surface area (TPSA) is 86.7 Å². The third kappa shape index (κ3) is 4.84. The molecule has 3 rings (SSSR count). The molecule has 1 aliphatic carbocycles. The number of hydrogen-bond donors (Lipinski definition) is 2. The fraction of sp³-hybridized carbons (Fsp3) is 0.632. The van der Waals surface area contributed by atoms with E-state index in [9.17, 15) is 13.2 Å². The van der Waals surface area contributed by atoms with Gasteiger partial charge in [0.2, 0.25) is 10.0 Å². The number of aromatic carboxylic acids is 1. The first-order valence-electron chi connectivity index (χ1n) is 9.55. The van der Waals surface area contributed by atoms with E-state index >= 15 is 0 Å². The maximum absolute atomic E-state index is 12.6. The minimum absolute atomic E-state index is 0.0844. The zero-order chi connectivity index (χ0) is 18.6. The van der Waals surface area contributed by atoms with Crippen LogP contribution in [-0.4, -0.2) is 49.6 Å². The first-order valence-corrected chi connectivity index (χ1v) is 11.0. The van der Waals surface area contributed by atoms with Crippen molar-refractivity contribution in [3.8, 4) is 0 Å². The average Bonchev–Trinajstić information content (AvgIpc) is 2.91. The van der Waals surface area contributed by atoms with Crippen LogP contribution in [0.25, 0.3) is 0 Å². The molecule has 1 atom stereocenters. The molecule has 7 heteroatoms. The maximum atomic E-state index is 12.6. The van der Waals surface area contributed by atoms with Gasteiger partial charge in [0.15, 0.2) is 0 Å². The van der Waals surface area contributed by atoms with Gasteiger partial charge in [-0.3, -0.25) is 4.90 Å². The molecule has 0 aromatic heterocycles. The van der Waals surface area contributed by atoms with E-state index < -0.39 is 16.0 Å². The molecule has 0 bridgehead atoms. The Bertz CT molecular complexity index is 710. The minimum Gasteiger partial charge on any atom is -0.478 e. The molecule has 0 amide bonds. The van der Waals surface area contributed by atoms with Crippen LogP contribution in [-0.2, 0) is 10.0 Å². The monoisotopic (exact) mass is 380 g/mol. The number of sulfonamides is 1. The number of hydrogen-bond acceptors (Lipinski definition) is 4. The van der Waals surface area contributed by atoms with Gasteiger partial charge in [-0.1, -0.05) is 25.7 Å². The van der Waals surface area contributed by atoms with Crippen LogP contribution in [0.1, 0.15) is 61.7 Å². The first kappa shape index (κ1) is 19.3. The third-order valence-corrected chi connectivity index (χ3v) is 7.06. The Kier molecular flexibility index (Phi) is 6.32. The predicted molar refractivity (Wildman–Crippen MR) is 99.8 cm³/mol. The summed E-state index contributed by atoms with van der Waals surface area (Å²) in [5, 5.41) is 8.94. The Balaban J connectivity index is 1.64. The number of nitrogens with one attached hydrogen (secondary N) is 1. The van der Waals surface area contributed by atoms with E-state index in [1.807, 2.05) is 0 Å². The van der Waals surface area contributed by atoms with Crippen molar-refractivity contribution in [2.75, 3.05) is 13.1 Å². The quantitative estimate of drug-likeness (QED) is 0.767. The van der Waals surface area contributed by atoms with Crippen molar-refractivity contribution < 1.29 is 18.3 Å². The van der Waals surface area contributed by atoms with Crippen molar-refractivity contribution in [1.82, 2.24) is 9.62 Å². The van der Waals surface area contributed by atoms with Gasteiger partial charge in [0, 0.05) is 18.6 Å². The molecule has 2 aliphatic rings. The van der Waals surface area contributed by atoms with Crippen molar-refractivity contribution in [3.63, 3.8) is 0 Å². The molecule has 2 N–H and O–H groups in total. The van der Waals surface area contributed by atoms with E-state index in [1.165, 1.54) is 62.8 Å². The van der Waals surface area contributed by atoms with Crippen molar-refractivity contribution in [2.45, 2.75) is 68.3 Å². The predicted octanol–water partition coefficient (Wildman–Crippen LogP) is 2.85. The van der Waals surface area contributed by atoms with Crippen LogP contribution in [0, 0.1) is 0 Å². The highest BCUT2D eigenvalue weighted by atomic mass is 32.2. The highest BCUT2D eigenvalue weighted by Crippen LogP contribution is 2.25. The van der Waals surface area contributed by atoms with Crippen LogP contribution in [0.3, 0.4) is 0 Å². The largest absolute Gasteiger partial charge is 0.478 e. The maximum Gasteiger partial charge on any atom is 0.335 e. The SMILES string of the molecule is O=C(O)c1ccc(S(=O)(=O)N[C@@H]2CCCN(C3CCCCCC3)C2)cc1. The second-order valence-corrected chi connectivity index (χ2v) is 9.14. The standard InChI is InChI=1S/C19H28N2O4S/c22-19(23)15-9-11-18(12-10-15)26(24,25)20-16-6-5-13-21(14-16)17-7-3-1-2-4-8-17/h9-12,16-17,20H,1-8,13-14H2,(H,22,23)/t16-/m1/s1. The second kappa shape index (κ2) is 8.50. The summed E-state index contributed by atoms with van der Waals surface area (Å²) in [5.41, 5.74) is 0.0844. The highest BCUT2D eigenvalue weighted by molar-refractivity contribution is 7.89. The van der Waals surface area contributed by atoms with Gasteiger partial charge in [0.05, 0.1) is 10.5 Å². The molecular formula is C19H28N2O4S. The summed E-state index contributed by atoms with van der Waals surface area (Å²) in [6.07, 6.45) is 9.45. The summed E-state index contributed by atoms with van der Waals surface area (Å²) < 4.78 is 28.1. The minimum atomic E-state index is -3.63. The van der Waals surface area contributed by atoms with E-state index in [4.69, 9.17) is 5.11 Å². The fourth-order valence-electron chi connectivity index (χ4n) is 4.12. The van der Waals surface area contributed by atoms with Gasteiger partial charge in [-0.25, -0.2) is 17.9 Å². The van der Waals surface area contributed by atoms with Gasteiger partial charge in [-0.2, -0.15) is 0 Å². The molecule has 1 aliphatic heterocycles. The molecule has 26 heavy (non-hydrogen) atoms. The number of benzene rings is 1. The van der Waals surface area contributed by atoms with Crippen molar-refractivity contribution >= 4 is 16.0 Å². The Morgan fingerprint density at radius 1 is 1.00 bits per heavy atom. The average molecular weight is 381 g/mol. The highest BCUT2D eigenvalue weighted by Gasteiger charge is 2.29. The third-order valence-electron chi connectivity index (χ3n) is 5.53. The number of piperidine rings is 1. The molecule has 144 valence electrons. The Labute approximate surface area is 155 Å². The van der Waals surface area contributed by atoms with Crippen LogP contribution in [0.5, 0.6) is 0 Å². The summed E-state index contributed by atoms with van der Waals surface area (Å²) in [6.45, 7) is 1.81. The number of likely N-dealkylation sites (tertiary alicyclic amines) is 1. The lowest BCUT2D eigenvalue weighted by Crippen LogP contribution is -2.50. The lowest BCUT2D eigenvalue weighted by Gasteiger charge is -2.38. The Morgan fingerprint density at radius 3 is 2.27 bits per heavy atom. The Hall–Kier alpha value is -1.44. The molecule has 1 aromatic rings. The lowest BCUT2D eigenvalue weighted by molar-refractivity contribution is 0.0696. The fourth-order valence-corrected chi connectivity index (χ4v) is 5.38. The molecule has 0 radical (unpaired) electrons. The summed E-state index contributed by atoms with van der Waals surface area (Å²) >= 11 is 0. The summed E-state index contributed by atoms with van der Waals surface area (Å²) in [7, 11) is -3.63. The van der Waals surface area contributed by atoms with Gasteiger partial charge < -0.3 is 5.11 Å². The number of carbonyl (C=O) groups is 1. The lowest BCUT2D eigenvalue weighted by atomic mass is 10.0. The van der Waals surface area contributed by atoms with Gasteiger partial charge in [0.1, 0.15) is 0 Å². The number of carboxylic acids is 1. The van der Waals surface area contributed by atoms with Crippen LogP contribution >= 0.6 is 0 Å². The van der Waals surface area contributed by atoms with E-state index in [0.717, 1.165) is 25.9 Å². The van der Waals surface area contributed by atoms with Crippen molar-refractivity contribution in [2.24, 2.45) is 0 Å². The van der Waals surface area contributed by atoms with Gasteiger partial charge >= 0.3 is 5.97 Å². The van der Waals surface area contributed by atoms with E-state index in [1.54, 1.807) is 0 Å². The second-order valence-electron chi connectivity index (χ2n) is 7.43. The van der Waals surface area contributed by atoms with Gasteiger partial charge in [-0.15, -0.1) is 0 Å². The van der Waals surface area contributed by atoms with Crippen LogP contribution in [0.4, 0.5) is 0 Å². The molecule has 2 fully saturated rings. The molecule has 1 saturated carbocycles. The molecule has 0 unspecified atom stereocenters. The summed E-state index contributed by atoms with van der Waals surface area (Å²) in [4.78, 5) is 13.5. The van der Waals surface area contributed by atoms with Crippen LogP contribution in [0.2, 0.25) is 0 Å². The Morgan fingerprint density at radius 2 is 1.65 bits per heavy atom. The molecule has 1 saturated heterocycles. The van der Waals surface area contributed by atoms with E-state index in [0.29, 0.717) is 6.04 Å². The first-order chi connectivity index (χ1) is 12.5. The zero-order valence-electron chi connectivity index (χ0n) is 15.1. The molecule has 1 aromatic carbocycles. The van der Waals surface area contributed by atoms with E-state index in [-0.39, 0.29) is 16.5 Å². The van der Waals surface area contributed by atoms with Crippen LogP contribution < -0.4 is 4.72 Å². The van der Waals surface area contributed by atoms with Crippen molar-refractivity contribution in [1.29, 1.82) is 0 Å². The normalized spacial score (nSPS) is 23.5. The van der Waals surface area contributed by atoms with E-state index in [2.05, 4.69) is 9.62 Å². The molecule has 6 nitrogen and oxygen atoms in total. The molecule has 0 spiro atoms. The summed E-state index contributed by atoms with van der Waals surface area (Å²) in [6, 6.07) is 5.87. The van der Waals surface area contributed by atoms with Crippen molar-refractivity contribution in [3.05, 3.63) is 29.8 Å². The van der Waals surface area contributed by atoms with Gasteiger partial charge in [0.25, 0.3) is 0 Å². The molecular weight excluding hydrogens is 352 g/mol. The number of nitrogens with zero attached hydrogens (tertiary/aromatic N) is 1. The van der Waals surface area contributed by atoms with Gasteiger partial charge in [-0.05, 0) is 56.5 Å². The summed E-state index contributed by atoms with van der Waals surface area (Å²) in [5.74, 6) is -1.06. The number of carboxylic acid groups (broad SMARTS) is 1.